The second-order valence-electron chi connectivity index (χ2n) is 4.88. The van der Waals surface area contributed by atoms with E-state index in [2.05, 4.69) is 0 Å². The van der Waals surface area contributed by atoms with Gasteiger partial charge in [0.25, 0.3) is 11.6 Å². The average molecular weight is 335 g/mol. The minimum absolute atomic E-state index is 0.0641. The molecule has 0 fully saturated rings. The third-order valence-corrected chi connectivity index (χ3v) is 3.55. The van der Waals surface area contributed by atoms with Gasteiger partial charge in [-0.05, 0) is 23.8 Å². The molecule has 2 aromatic carbocycles. The molecule has 7 heteroatoms. The van der Waals surface area contributed by atoms with Gasteiger partial charge in [-0.3, -0.25) is 14.9 Å². The van der Waals surface area contributed by atoms with Crippen LogP contribution < -0.4 is 4.74 Å². The number of benzene rings is 2. The molecule has 2 aromatic rings. The SMILES string of the molecule is CN(Cc1cc([N+](=O)[O-])ccc1Cl)C(=O)COc1ccccc1. The molecule has 0 radical (unpaired) electrons. The third-order valence-electron chi connectivity index (χ3n) is 3.18. The number of hydrogen-bond acceptors (Lipinski definition) is 4. The highest BCUT2D eigenvalue weighted by molar-refractivity contribution is 6.31. The highest BCUT2D eigenvalue weighted by Crippen LogP contribution is 2.23. The van der Waals surface area contributed by atoms with Crippen LogP contribution in [0.1, 0.15) is 5.56 Å². The van der Waals surface area contributed by atoms with Gasteiger partial charge in [-0.1, -0.05) is 29.8 Å². The van der Waals surface area contributed by atoms with Crippen LogP contribution in [0.5, 0.6) is 5.75 Å². The number of halogens is 1. The van der Waals surface area contributed by atoms with Gasteiger partial charge in [-0.2, -0.15) is 0 Å². The number of rotatable bonds is 6. The highest BCUT2D eigenvalue weighted by atomic mass is 35.5. The molecule has 0 heterocycles. The molecular weight excluding hydrogens is 320 g/mol. The maximum Gasteiger partial charge on any atom is 0.269 e. The Bertz CT molecular complexity index is 706. The lowest BCUT2D eigenvalue weighted by molar-refractivity contribution is -0.384. The van der Waals surface area contributed by atoms with E-state index < -0.39 is 4.92 Å². The molecule has 0 aliphatic heterocycles. The van der Waals surface area contributed by atoms with Gasteiger partial charge in [0.1, 0.15) is 5.75 Å². The van der Waals surface area contributed by atoms with Crippen LogP contribution in [0.4, 0.5) is 5.69 Å². The molecule has 0 atom stereocenters. The van der Waals surface area contributed by atoms with Crippen molar-refractivity contribution in [3.05, 3.63) is 69.2 Å². The van der Waals surface area contributed by atoms with E-state index in [4.69, 9.17) is 16.3 Å². The van der Waals surface area contributed by atoms with Crippen molar-refractivity contribution >= 4 is 23.2 Å². The lowest BCUT2D eigenvalue weighted by Crippen LogP contribution is -2.31. The number of amides is 1. The predicted molar refractivity (Wildman–Crippen MR) is 86.5 cm³/mol. The van der Waals surface area contributed by atoms with E-state index in [1.165, 1.54) is 23.1 Å². The minimum Gasteiger partial charge on any atom is -0.484 e. The van der Waals surface area contributed by atoms with Crippen molar-refractivity contribution in [3.63, 3.8) is 0 Å². The Morgan fingerprint density at radius 3 is 2.61 bits per heavy atom. The molecule has 0 saturated carbocycles. The molecule has 1 amide bonds. The second kappa shape index (κ2) is 7.60. The first kappa shape index (κ1) is 16.8. The molecule has 0 unspecified atom stereocenters. The topological polar surface area (TPSA) is 72.7 Å². The van der Waals surface area contributed by atoms with E-state index in [0.717, 1.165) is 0 Å². The van der Waals surface area contributed by atoms with E-state index in [0.29, 0.717) is 16.3 Å². The van der Waals surface area contributed by atoms with Gasteiger partial charge in [-0.15, -0.1) is 0 Å². The van der Waals surface area contributed by atoms with E-state index in [-0.39, 0.29) is 24.7 Å². The lowest BCUT2D eigenvalue weighted by Gasteiger charge is -2.18. The first-order chi connectivity index (χ1) is 11.0. The summed E-state index contributed by atoms with van der Waals surface area (Å²) in [4.78, 5) is 23.8. The van der Waals surface area contributed by atoms with Crippen molar-refractivity contribution in [1.82, 2.24) is 4.90 Å². The van der Waals surface area contributed by atoms with Gasteiger partial charge in [0.05, 0.1) is 4.92 Å². The Balaban J connectivity index is 1.98. The Kier molecular flexibility index (Phi) is 5.54. The quantitative estimate of drug-likeness (QED) is 0.600. The molecular formula is C16H15ClN2O4. The summed E-state index contributed by atoms with van der Waals surface area (Å²) in [6.07, 6.45) is 0. The zero-order valence-corrected chi connectivity index (χ0v) is 13.2. The van der Waals surface area contributed by atoms with Crippen LogP contribution in [0.3, 0.4) is 0 Å². The number of para-hydroxylation sites is 1. The summed E-state index contributed by atoms with van der Waals surface area (Å²) < 4.78 is 5.39. The van der Waals surface area contributed by atoms with Crippen LogP contribution in [0.25, 0.3) is 0 Å². The summed E-state index contributed by atoms with van der Waals surface area (Å²) >= 11 is 6.03. The van der Waals surface area contributed by atoms with E-state index in [1.807, 2.05) is 18.2 Å². The number of hydrogen-bond donors (Lipinski definition) is 0. The number of carbonyl (C=O) groups is 1. The molecule has 0 aromatic heterocycles. The Hall–Kier alpha value is -2.60. The molecule has 2 rings (SSSR count). The van der Waals surface area contributed by atoms with Crippen molar-refractivity contribution in [1.29, 1.82) is 0 Å². The number of non-ortho nitro benzene ring substituents is 1. The van der Waals surface area contributed by atoms with Crippen LogP contribution >= 0.6 is 11.6 Å². The van der Waals surface area contributed by atoms with E-state index in [9.17, 15) is 14.9 Å². The summed E-state index contributed by atoms with van der Waals surface area (Å²) in [6.45, 7) is 0.0462. The first-order valence-electron chi connectivity index (χ1n) is 6.82. The maximum atomic E-state index is 12.1. The number of nitro groups is 1. The highest BCUT2D eigenvalue weighted by Gasteiger charge is 2.15. The summed E-state index contributed by atoms with van der Waals surface area (Å²) in [5, 5.41) is 11.2. The predicted octanol–water partition coefficient (Wildman–Crippen LogP) is 3.29. The molecule has 0 spiro atoms. The number of carbonyl (C=O) groups excluding carboxylic acids is 1. The molecule has 120 valence electrons. The maximum absolute atomic E-state index is 12.1. The average Bonchev–Trinajstić information content (AvgIpc) is 2.55. The molecule has 0 aliphatic rings. The smallest absolute Gasteiger partial charge is 0.269 e. The van der Waals surface area contributed by atoms with Gasteiger partial charge in [0.2, 0.25) is 0 Å². The van der Waals surface area contributed by atoms with Crippen molar-refractivity contribution in [2.24, 2.45) is 0 Å². The zero-order valence-electron chi connectivity index (χ0n) is 12.4. The van der Waals surface area contributed by atoms with Crippen molar-refractivity contribution in [2.45, 2.75) is 6.54 Å². The van der Waals surface area contributed by atoms with Crippen molar-refractivity contribution in [3.8, 4) is 5.75 Å². The van der Waals surface area contributed by atoms with Gasteiger partial charge in [-0.25, -0.2) is 0 Å². The molecule has 0 bridgehead atoms. The third kappa shape index (κ3) is 4.69. The monoisotopic (exact) mass is 334 g/mol. The number of ether oxygens (including phenoxy) is 1. The fraction of sp³-hybridized carbons (Fsp3) is 0.188. The van der Waals surface area contributed by atoms with Crippen LogP contribution in [0.15, 0.2) is 48.5 Å². The Labute approximate surface area is 138 Å². The fourth-order valence-corrected chi connectivity index (χ4v) is 2.09. The summed E-state index contributed by atoms with van der Waals surface area (Å²) in [6, 6.07) is 13.1. The Morgan fingerprint density at radius 1 is 1.26 bits per heavy atom. The van der Waals surface area contributed by atoms with E-state index in [1.54, 1.807) is 19.2 Å². The van der Waals surface area contributed by atoms with Gasteiger partial charge < -0.3 is 9.64 Å². The fourth-order valence-electron chi connectivity index (χ4n) is 1.91. The molecule has 0 N–H and O–H groups in total. The number of nitro benzene ring substituents is 1. The van der Waals surface area contributed by atoms with Crippen molar-refractivity contribution < 1.29 is 14.5 Å². The molecule has 0 aliphatic carbocycles. The van der Waals surface area contributed by atoms with Crippen molar-refractivity contribution in [2.75, 3.05) is 13.7 Å². The number of nitrogens with zero attached hydrogens (tertiary/aromatic N) is 2. The normalized spacial score (nSPS) is 10.2. The molecule has 23 heavy (non-hydrogen) atoms. The Morgan fingerprint density at radius 2 is 1.96 bits per heavy atom. The first-order valence-corrected chi connectivity index (χ1v) is 7.20. The van der Waals surface area contributed by atoms with Gasteiger partial charge >= 0.3 is 0 Å². The summed E-state index contributed by atoms with van der Waals surface area (Å²) in [5.41, 5.74) is 0.446. The van der Waals surface area contributed by atoms with Crippen LogP contribution in [-0.2, 0) is 11.3 Å². The lowest BCUT2D eigenvalue weighted by atomic mass is 10.2. The second-order valence-corrected chi connectivity index (χ2v) is 5.29. The largest absolute Gasteiger partial charge is 0.484 e. The summed E-state index contributed by atoms with van der Waals surface area (Å²) in [7, 11) is 1.59. The van der Waals surface area contributed by atoms with Crippen LogP contribution in [0.2, 0.25) is 5.02 Å². The van der Waals surface area contributed by atoms with Crippen LogP contribution in [-0.4, -0.2) is 29.4 Å². The number of likely N-dealkylation sites (N-methyl/N-ethyl adjacent to an activating group) is 1. The van der Waals surface area contributed by atoms with Gasteiger partial charge in [0.15, 0.2) is 6.61 Å². The van der Waals surface area contributed by atoms with Gasteiger partial charge in [0, 0.05) is 30.7 Å². The molecule has 0 saturated heterocycles. The van der Waals surface area contributed by atoms with E-state index >= 15 is 0 Å². The van der Waals surface area contributed by atoms with Crippen LogP contribution in [0, 0.1) is 10.1 Å². The molecule has 6 nitrogen and oxygen atoms in total. The summed E-state index contributed by atoms with van der Waals surface area (Å²) in [5.74, 6) is 0.346. The zero-order chi connectivity index (χ0) is 16.8. The minimum atomic E-state index is -0.500. The standard InChI is InChI=1S/C16H15ClN2O4/c1-18(16(20)11-23-14-5-3-2-4-6-14)10-12-9-13(19(21)22)7-8-15(12)17/h2-9H,10-11H2,1H3.